The van der Waals surface area contributed by atoms with Crippen molar-refractivity contribution in [3.8, 4) is 0 Å². The Balaban J connectivity index is 3.36. The smallest absolute Gasteiger partial charge is 0.408 e. The number of rotatable bonds is 10. The molecule has 1 rings (SSSR count). The number of carbonyl (C=O) groups is 3. The first-order valence-corrected chi connectivity index (χ1v) is 12.0. The zero-order valence-electron chi connectivity index (χ0n) is 21.8. The van der Waals surface area contributed by atoms with E-state index >= 15 is 0 Å². The predicted octanol–water partition coefficient (Wildman–Crippen LogP) is 4.82. The van der Waals surface area contributed by atoms with E-state index in [4.69, 9.17) is 4.74 Å². The second-order valence-corrected chi connectivity index (χ2v) is 10.2. The van der Waals surface area contributed by atoms with Crippen LogP contribution in [0.25, 0.3) is 0 Å². The predicted molar refractivity (Wildman–Crippen MR) is 132 cm³/mol. The van der Waals surface area contributed by atoms with Crippen molar-refractivity contribution < 1.29 is 19.1 Å². The second-order valence-electron chi connectivity index (χ2n) is 10.2. The molecule has 0 spiro atoms. The van der Waals surface area contributed by atoms with E-state index in [2.05, 4.69) is 17.6 Å². The maximum absolute atomic E-state index is 13.8. The standard InChI is InChI=1S/C26H43N3O4/c1-10-14-19(6)27-23(30)22(20-15-12-11-13-16-20)29(18(4)5)24(31)21(17(2)3)28-25(32)33-26(7,8)9/h11-13,15-19,21-22H,10,14H2,1-9H3,(H,27,30)(H,28,32). The number of ether oxygens (including phenoxy) is 1. The molecule has 0 aliphatic carbocycles. The number of alkyl carbamates (subject to hydrolysis) is 1. The number of hydrogen-bond donors (Lipinski definition) is 2. The van der Waals surface area contributed by atoms with E-state index < -0.39 is 23.8 Å². The van der Waals surface area contributed by atoms with Crippen LogP contribution in [0.2, 0.25) is 0 Å². The van der Waals surface area contributed by atoms with Gasteiger partial charge in [0.15, 0.2) is 0 Å². The highest BCUT2D eigenvalue weighted by Crippen LogP contribution is 2.26. The SMILES string of the molecule is CCCC(C)NC(=O)C(c1ccccc1)N(C(=O)C(NC(=O)OC(C)(C)C)C(C)C)C(C)C. The molecular formula is C26H43N3O4. The van der Waals surface area contributed by atoms with E-state index in [1.807, 2.05) is 65.0 Å². The molecule has 0 radical (unpaired) electrons. The highest BCUT2D eigenvalue weighted by Gasteiger charge is 2.39. The average molecular weight is 462 g/mol. The van der Waals surface area contributed by atoms with Gasteiger partial charge in [0.05, 0.1) is 0 Å². The third-order valence-electron chi connectivity index (χ3n) is 5.17. The first kappa shape index (κ1) is 28.5. The summed E-state index contributed by atoms with van der Waals surface area (Å²) in [6.07, 6.45) is 1.13. The summed E-state index contributed by atoms with van der Waals surface area (Å²) in [5, 5.41) is 5.80. The van der Waals surface area contributed by atoms with Crippen molar-refractivity contribution >= 4 is 17.9 Å². The fourth-order valence-electron chi connectivity index (χ4n) is 3.69. The molecular weight excluding hydrogens is 418 g/mol. The average Bonchev–Trinajstić information content (AvgIpc) is 2.68. The molecule has 2 N–H and O–H groups in total. The molecule has 0 fully saturated rings. The summed E-state index contributed by atoms with van der Waals surface area (Å²) in [7, 11) is 0. The van der Waals surface area contributed by atoms with E-state index in [0.717, 1.165) is 18.4 Å². The molecule has 7 heteroatoms. The van der Waals surface area contributed by atoms with E-state index in [-0.39, 0.29) is 29.8 Å². The van der Waals surface area contributed by atoms with Crippen molar-refractivity contribution in [2.75, 3.05) is 0 Å². The second kappa shape index (κ2) is 12.6. The van der Waals surface area contributed by atoms with Crippen molar-refractivity contribution in [3.63, 3.8) is 0 Å². The summed E-state index contributed by atoms with van der Waals surface area (Å²) < 4.78 is 5.38. The summed E-state index contributed by atoms with van der Waals surface area (Å²) in [5.74, 6) is -0.758. The normalized spacial score (nSPS) is 14.4. The number of benzene rings is 1. The van der Waals surface area contributed by atoms with Gasteiger partial charge in [-0.05, 0) is 59.4 Å². The molecule has 3 unspecified atom stereocenters. The molecule has 0 aliphatic heterocycles. The van der Waals surface area contributed by atoms with Crippen LogP contribution in [0.4, 0.5) is 4.79 Å². The van der Waals surface area contributed by atoms with Crippen molar-refractivity contribution in [3.05, 3.63) is 35.9 Å². The summed E-state index contributed by atoms with van der Waals surface area (Å²) in [5.41, 5.74) is 0.0365. The molecule has 33 heavy (non-hydrogen) atoms. The topological polar surface area (TPSA) is 87.7 Å². The summed E-state index contributed by atoms with van der Waals surface area (Å²) in [4.78, 5) is 41.4. The van der Waals surface area contributed by atoms with Gasteiger partial charge in [0.25, 0.3) is 0 Å². The van der Waals surface area contributed by atoms with Crippen LogP contribution in [-0.2, 0) is 14.3 Å². The van der Waals surface area contributed by atoms with Gasteiger partial charge in [-0.15, -0.1) is 0 Å². The Bertz CT molecular complexity index is 771. The molecule has 186 valence electrons. The Morgan fingerprint density at radius 3 is 2.00 bits per heavy atom. The van der Waals surface area contributed by atoms with E-state index in [1.165, 1.54) is 0 Å². The van der Waals surface area contributed by atoms with Crippen LogP contribution in [0.3, 0.4) is 0 Å². The monoisotopic (exact) mass is 461 g/mol. The van der Waals surface area contributed by atoms with E-state index in [1.54, 1.807) is 25.7 Å². The highest BCUT2D eigenvalue weighted by atomic mass is 16.6. The Kier molecular flexibility index (Phi) is 10.9. The fourth-order valence-corrected chi connectivity index (χ4v) is 3.69. The Labute approximate surface area is 199 Å². The molecule has 0 heterocycles. The number of carbonyl (C=O) groups excluding carboxylic acids is 3. The lowest BCUT2D eigenvalue weighted by Gasteiger charge is -2.38. The molecule has 0 saturated heterocycles. The van der Waals surface area contributed by atoms with Gasteiger partial charge in [0.2, 0.25) is 11.8 Å². The molecule has 1 aromatic carbocycles. The van der Waals surface area contributed by atoms with Crippen molar-refractivity contribution in [2.45, 2.75) is 105 Å². The molecule has 7 nitrogen and oxygen atoms in total. The van der Waals surface area contributed by atoms with Gasteiger partial charge in [-0.3, -0.25) is 9.59 Å². The van der Waals surface area contributed by atoms with Gasteiger partial charge in [-0.1, -0.05) is 57.5 Å². The summed E-state index contributed by atoms with van der Waals surface area (Å²) >= 11 is 0. The zero-order valence-corrected chi connectivity index (χ0v) is 21.8. The lowest BCUT2D eigenvalue weighted by Crippen LogP contribution is -2.57. The third-order valence-corrected chi connectivity index (χ3v) is 5.17. The zero-order chi connectivity index (χ0) is 25.3. The van der Waals surface area contributed by atoms with Crippen LogP contribution in [-0.4, -0.2) is 46.5 Å². The van der Waals surface area contributed by atoms with Crippen molar-refractivity contribution in [2.24, 2.45) is 5.92 Å². The van der Waals surface area contributed by atoms with Crippen LogP contribution < -0.4 is 10.6 Å². The van der Waals surface area contributed by atoms with Gasteiger partial charge in [0.1, 0.15) is 17.7 Å². The first-order chi connectivity index (χ1) is 15.3. The summed E-state index contributed by atoms with van der Waals surface area (Å²) in [6, 6.07) is 7.33. The fraction of sp³-hybridized carbons (Fsp3) is 0.654. The minimum Gasteiger partial charge on any atom is -0.444 e. The number of nitrogens with one attached hydrogen (secondary N) is 2. The Morgan fingerprint density at radius 1 is 0.970 bits per heavy atom. The number of nitrogens with zero attached hydrogens (tertiary/aromatic N) is 1. The maximum Gasteiger partial charge on any atom is 0.408 e. The van der Waals surface area contributed by atoms with Crippen LogP contribution in [0.1, 0.15) is 86.8 Å². The molecule has 1 aromatic rings. The minimum atomic E-state index is -0.839. The third kappa shape index (κ3) is 9.06. The molecule has 3 amide bonds. The van der Waals surface area contributed by atoms with Crippen LogP contribution in [0, 0.1) is 5.92 Å². The lowest BCUT2D eigenvalue weighted by atomic mass is 9.97. The molecule has 0 saturated carbocycles. The van der Waals surface area contributed by atoms with E-state index in [9.17, 15) is 14.4 Å². The molecule has 0 aliphatic rings. The van der Waals surface area contributed by atoms with Gasteiger partial charge in [0, 0.05) is 12.1 Å². The maximum atomic E-state index is 13.8. The van der Waals surface area contributed by atoms with Gasteiger partial charge in [-0.2, -0.15) is 0 Å². The summed E-state index contributed by atoms with van der Waals surface area (Å²) in [6.45, 7) is 16.8. The van der Waals surface area contributed by atoms with Crippen molar-refractivity contribution in [1.29, 1.82) is 0 Å². The number of hydrogen-bond acceptors (Lipinski definition) is 4. The first-order valence-electron chi connectivity index (χ1n) is 12.0. The van der Waals surface area contributed by atoms with Crippen molar-refractivity contribution in [1.82, 2.24) is 15.5 Å². The Morgan fingerprint density at radius 2 is 1.55 bits per heavy atom. The van der Waals surface area contributed by atoms with E-state index in [0.29, 0.717) is 0 Å². The molecule has 3 atom stereocenters. The molecule has 0 bridgehead atoms. The van der Waals surface area contributed by atoms with Crippen LogP contribution in [0.5, 0.6) is 0 Å². The van der Waals surface area contributed by atoms with Gasteiger partial charge < -0.3 is 20.3 Å². The largest absolute Gasteiger partial charge is 0.444 e. The van der Waals surface area contributed by atoms with Gasteiger partial charge in [-0.25, -0.2) is 4.79 Å². The quantitative estimate of drug-likeness (QED) is 0.523. The van der Waals surface area contributed by atoms with Crippen LogP contribution >= 0.6 is 0 Å². The van der Waals surface area contributed by atoms with Crippen LogP contribution in [0.15, 0.2) is 30.3 Å². The Hall–Kier alpha value is -2.57. The molecule has 0 aromatic heterocycles. The lowest BCUT2D eigenvalue weighted by molar-refractivity contribution is -0.145. The van der Waals surface area contributed by atoms with Gasteiger partial charge >= 0.3 is 6.09 Å². The minimum absolute atomic E-state index is 0.0152. The number of amides is 3. The highest BCUT2D eigenvalue weighted by molar-refractivity contribution is 5.92.